The minimum Gasteiger partial charge on any atom is -0.506 e. The fourth-order valence-electron chi connectivity index (χ4n) is 1.52. The Morgan fingerprint density at radius 2 is 2.20 bits per heavy atom. The Labute approximate surface area is 87.7 Å². The summed E-state index contributed by atoms with van der Waals surface area (Å²) in [5, 5.41) is 19.9. The van der Waals surface area contributed by atoms with Gasteiger partial charge < -0.3 is 10.0 Å². The number of phenols is 1. The van der Waals surface area contributed by atoms with Crippen LogP contribution in [0.1, 0.15) is 5.56 Å². The lowest BCUT2D eigenvalue weighted by Crippen LogP contribution is -2.15. The third kappa shape index (κ3) is 1.92. The minimum atomic E-state index is 0.198. The van der Waals surface area contributed by atoms with Gasteiger partial charge in [-0.3, -0.25) is 5.10 Å². The van der Waals surface area contributed by atoms with Crippen LogP contribution in [-0.4, -0.2) is 46.1 Å². The highest BCUT2D eigenvalue weighted by atomic mass is 16.3. The fourth-order valence-corrected chi connectivity index (χ4v) is 1.52. The number of hydrogen-bond donors (Lipinski definition) is 2. The zero-order chi connectivity index (χ0) is 10.8. The first-order valence-electron chi connectivity index (χ1n) is 4.85. The van der Waals surface area contributed by atoms with Gasteiger partial charge in [0.2, 0.25) is 0 Å². The van der Waals surface area contributed by atoms with Gasteiger partial charge >= 0.3 is 0 Å². The maximum absolute atomic E-state index is 9.54. The average Bonchev–Trinajstić information content (AvgIpc) is 2.66. The highest BCUT2D eigenvalue weighted by Crippen LogP contribution is 2.23. The molecular formula is C10H14N4O. The monoisotopic (exact) mass is 206 g/mol. The predicted molar refractivity (Wildman–Crippen MR) is 57.8 cm³/mol. The number of benzene rings is 1. The third-order valence-electron chi connectivity index (χ3n) is 2.38. The minimum absolute atomic E-state index is 0.198. The fraction of sp³-hybridized carbons (Fsp3) is 0.400. The molecule has 0 saturated heterocycles. The van der Waals surface area contributed by atoms with Crippen molar-refractivity contribution in [2.45, 2.75) is 6.42 Å². The number of hydrogen-bond acceptors (Lipinski definition) is 4. The summed E-state index contributed by atoms with van der Waals surface area (Å²) in [4.78, 5) is 2.11. The van der Waals surface area contributed by atoms with E-state index in [-0.39, 0.29) is 5.75 Å². The molecule has 5 nitrogen and oxygen atoms in total. The van der Waals surface area contributed by atoms with E-state index < -0.39 is 0 Å². The van der Waals surface area contributed by atoms with E-state index in [1.165, 1.54) is 0 Å². The number of aromatic amines is 1. The third-order valence-corrected chi connectivity index (χ3v) is 2.38. The van der Waals surface area contributed by atoms with Crippen LogP contribution in [0.3, 0.4) is 0 Å². The highest BCUT2D eigenvalue weighted by Gasteiger charge is 2.08. The van der Waals surface area contributed by atoms with Gasteiger partial charge in [-0.1, -0.05) is 11.3 Å². The largest absolute Gasteiger partial charge is 0.506 e. The second-order valence-corrected chi connectivity index (χ2v) is 3.83. The Hall–Kier alpha value is -1.62. The number of nitrogens with zero attached hydrogens (tertiary/aromatic N) is 3. The van der Waals surface area contributed by atoms with E-state index >= 15 is 0 Å². The molecule has 80 valence electrons. The molecule has 0 spiro atoms. The van der Waals surface area contributed by atoms with Gasteiger partial charge in [-0.25, -0.2) is 0 Å². The van der Waals surface area contributed by atoms with Crippen LogP contribution in [-0.2, 0) is 6.42 Å². The van der Waals surface area contributed by atoms with Crippen molar-refractivity contribution in [2.75, 3.05) is 20.6 Å². The number of fused-ring (bicyclic) bond motifs is 1. The Morgan fingerprint density at radius 1 is 1.40 bits per heavy atom. The summed E-state index contributed by atoms with van der Waals surface area (Å²) in [7, 11) is 4.06. The first-order chi connectivity index (χ1) is 7.18. The van der Waals surface area contributed by atoms with Crippen LogP contribution in [0.5, 0.6) is 5.75 Å². The van der Waals surface area contributed by atoms with Crippen LogP contribution in [0.25, 0.3) is 11.0 Å². The van der Waals surface area contributed by atoms with Gasteiger partial charge in [0.05, 0.1) is 0 Å². The molecule has 0 amide bonds. The summed E-state index contributed by atoms with van der Waals surface area (Å²) in [6.07, 6.45) is 0.899. The van der Waals surface area contributed by atoms with Gasteiger partial charge in [-0.05, 0) is 32.1 Å². The molecule has 1 heterocycles. The van der Waals surface area contributed by atoms with E-state index in [2.05, 4.69) is 20.3 Å². The number of H-pyrrole nitrogens is 1. The Kier molecular flexibility index (Phi) is 2.55. The molecule has 0 atom stereocenters. The summed E-state index contributed by atoms with van der Waals surface area (Å²) in [6.45, 7) is 0.951. The molecule has 15 heavy (non-hydrogen) atoms. The number of phenolic OH excluding ortho intramolecular Hbond substituents is 1. The van der Waals surface area contributed by atoms with Crippen molar-refractivity contribution in [3.05, 3.63) is 17.7 Å². The summed E-state index contributed by atoms with van der Waals surface area (Å²) in [5.41, 5.74) is 2.48. The molecule has 5 heteroatoms. The molecular weight excluding hydrogens is 192 g/mol. The molecule has 0 aliphatic heterocycles. The second kappa shape index (κ2) is 3.86. The molecule has 2 aromatic rings. The van der Waals surface area contributed by atoms with Crippen LogP contribution < -0.4 is 0 Å². The molecule has 2 N–H and O–H groups in total. The van der Waals surface area contributed by atoms with Crippen molar-refractivity contribution < 1.29 is 5.11 Å². The van der Waals surface area contributed by atoms with Crippen LogP contribution in [0.15, 0.2) is 12.1 Å². The topological polar surface area (TPSA) is 65.0 Å². The molecule has 0 radical (unpaired) electrons. The lowest BCUT2D eigenvalue weighted by Gasteiger charge is -2.09. The number of nitrogens with one attached hydrogen (secondary N) is 1. The summed E-state index contributed by atoms with van der Waals surface area (Å²) >= 11 is 0. The first-order valence-corrected chi connectivity index (χ1v) is 4.85. The molecule has 0 fully saturated rings. The van der Waals surface area contributed by atoms with Crippen molar-refractivity contribution in [3.8, 4) is 5.75 Å². The van der Waals surface area contributed by atoms with Crippen LogP contribution in [0.4, 0.5) is 0 Å². The molecule has 0 bridgehead atoms. The van der Waals surface area contributed by atoms with E-state index in [1.54, 1.807) is 6.07 Å². The van der Waals surface area contributed by atoms with Gasteiger partial charge in [0.25, 0.3) is 0 Å². The number of aromatic nitrogens is 3. The predicted octanol–water partition coefficient (Wildman–Crippen LogP) is 0.768. The second-order valence-electron chi connectivity index (χ2n) is 3.83. The molecule has 0 aliphatic rings. The van der Waals surface area contributed by atoms with Gasteiger partial charge in [-0.2, -0.15) is 0 Å². The van der Waals surface area contributed by atoms with Crippen molar-refractivity contribution in [2.24, 2.45) is 0 Å². The van der Waals surface area contributed by atoms with Crippen LogP contribution in [0, 0.1) is 0 Å². The Balaban J connectivity index is 2.35. The van der Waals surface area contributed by atoms with Gasteiger partial charge in [0, 0.05) is 6.54 Å². The summed E-state index contributed by atoms with van der Waals surface area (Å²) in [5.74, 6) is 0.198. The van der Waals surface area contributed by atoms with E-state index in [4.69, 9.17) is 0 Å². The average molecular weight is 206 g/mol. The first kappa shape index (κ1) is 9.92. The Morgan fingerprint density at radius 3 is 2.93 bits per heavy atom. The lowest BCUT2D eigenvalue weighted by atomic mass is 10.1. The van der Waals surface area contributed by atoms with Crippen molar-refractivity contribution in [3.63, 3.8) is 0 Å². The maximum Gasteiger partial charge on any atom is 0.142 e. The molecule has 0 saturated carbocycles. The van der Waals surface area contributed by atoms with Gasteiger partial charge in [-0.15, -0.1) is 5.10 Å². The highest BCUT2D eigenvalue weighted by molar-refractivity contribution is 5.83. The van der Waals surface area contributed by atoms with Crippen LogP contribution in [0.2, 0.25) is 0 Å². The van der Waals surface area contributed by atoms with E-state index in [0.717, 1.165) is 24.0 Å². The van der Waals surface area contributed by atoms with Gasteiger partial charge in [0.15, 0.2) is 0 Å². The zero-order valence-electron chi connectivity index (χ0n) is 8.86. The Bertz CT molecular complexity index is 463. The van der Waals surface area contributed by atoms with Crippen molar-refractivity contribution >= 4 is 11.0 Å². The number of likely N-dealkylation sites (N-methyl/N-ethyl adjacent to an activating group) is 1. The molecule has 1 aromatic heterocycles. The van der Waals surface area contributed by atoms with Crippen molar-refractivity contribution in [1.82, 2.24) is 20.3 Å². The molecule has 1 aromatic carbocycles. The molecule has 0 unspecified atom stereocenters. The summed E-state index contributed by atoms with van der Waals surface area (Å²) < 4.78 is 0. The SMILES string of the molecule is CN(C)CCc1ccc(O)c2[nH]nnc12. The van der Waals surface area contributed by atoms with Crippen LogP contribution >= 0.6 is 0 Å². The lowest BCUT2D eigenvalue weighted by molar-refractivity contribution is 0.414. The molecule has 0 aliphatic carbocycles. The number of aromatic hydroxyl groups is 1. The maximum atomic E-state index is 9.54. The smallest absolute Gasteiger partial charge is 0.142 e. The van der Waals surface area contributed by atoms with E-state index in [1.807, 2.05) is 20.2 Å². The van der Waals surface area contributed by atoms with Crippen molar-refractivity contribution in [1.29, 1.82) is 0 Å². The quantitative estimate of drug-likeness (QED) is 0.778. The van der Waals surface area contributed by atoms with Gasteiger partial charge in [0.1, 0.15) is 16.8 Å². The zero-order valence-corrected chi connectivity index (χ0v) is 8.86. The van der Waals surface area contributed by atoms with E-state index in [0.29, 0.717) is 5.52 Å². The summed E-state index contributed by atoms with van der Waals surface area (Å²) in [6, 6.07) is 3.57. The molecule has 2 rings (SSSR count). The number of rotatable bonds is 3. The van der Waals surface area contributed by atoms with E-state index in [9.17, 15) is 5.11 Å². The normalized spacial score (nSPS) is 11.4. The standard InChI is InChI=1S/C10H14N4O/c1-14(2)6-5-7-3-4-8(15)10-9(7)11-13-12-10/h3-4,15H,5-6H2,1-2H3,(H,11,12,13).